The van der Waals surface area contributed by atoms with E-state index in [9.17, 15) is 0 Å². The van der Waals surface area contributed by atoms with Crippen molar-refractivity contribution in [3.8, 4) is 62.0 Å². The predicted octanol–water partition coefficient (Wildman–Crippen LogP) is 14.7. The van der Waals surface area contributed by atoms with E-state index in [1.165, 1.54) is 38.5 Å². The summed E-state index contributed by atoms with van der Waals surface area (Å²) in [4.78, 5) is 5.42. The normalized spacial score (nSPS) is 34.7. The van der Waals surface area contributed by atoms with Gasteiger partial charge in [0.15, 0.2) is 0 Å². The fourth-order valence-corrected chi connectivity index (χ4v) is 18.7. The van der Waals surface area contributed by atoms with Gasteiger partial charge in [-0.25, -0.2) is 4.98 Å². The van der Waals surface area contributed by atoms with Gasteiger partial charge in [0.05, 0.1) is 18.5 Å². The minimum Gasteiger partial charge on any atom is -0.872 e. The zero-order chi connectivity index (χ0) is 43.5. The molecular weight excluding hydrogens is 961 g/mol. The number of nitrogens with zero attached hydrogens (tertiary/aromatic N) is 1. The molecule has 0 spiro atoms. The molecule has 65 heavy (non-hydrogen) atoms. The van der Waals surface area contributed by atoms with E-state index >= 15 is 10.2 Å². The van der Waals surface area contributed by atoms with Crippen molar-refractivity contribution in [2.75, 3.05) is 7.11 Å². The SMILES string of the molecule is COc1cc(-c2ccccc2-c2cc(C)cc(C34CC5(C)CC(C)(CC(C)(C5)C3)C4)c2[O-])nc(-c2ccccc2-c2cc(C)cc(C34CC5(C)CC(C)(CC(C)(C5)C3)C4)c2[O-])c1.[CH3-].[CH3-].[Hf+4]. The molecule has 0 aliphatic heterocycles. The Balaban J connectivity index is 0.00000192. The molecule has 1 heterocycles. The molecule has 8 bridgehead atoms. The summed E-state index contributed by atoms with van der Waals surface area (Å²) in [5.41, 5.74) is 12.3. The van der Waals surface area contributed by atoms with Gasteiger partial charge in [-0.15, -0.1) is 0 Å². The van der Waals surface area contributed by atoms with Gasteiger partial charge < -0.3 is 29.8 Å². The van der Waals surface area contributed by atoms with Crippen molar-refractivity contribution in [3.63, 3.8) is 0 Å². The van der Waals surface area contributed by atoms with Crippen molar-refractivity contribution in [2.24, 2.45) is 32.5 Å². The zero-order valence-corrected chi connectivity index (χ0v) is 44.8. The minimum absolute atomic E-state index is 0. The first-order valence-corrected chi connectivity index (χ1v) is 23.6. The van der Waals surface area contributed by atoms with Crippen molar-refractivity contribution in [2.45, 2.75) is 143 Å². The quantitative estimate of drug-likeness (QED) is 0.120. The number of hydrogen-bond donors (Lipinski definition) is 0. The standard InChI is InChI=1S/C58H67NO3.2CH3.Hf/c1-36-18-43(49(60)45(20-36)57-30-51(3)24-52(4,31-57)26-53(5,25-51)32-57)39-14-10-12-16-41(39)47-22-38(62-9)23-48(59-47)42-17-13-11-15-40(42)44-19-37(2)21-46(50(44)61)58-33-54(6)27-55(7,34-58)29-56(8,28-54)35-58;;;/h10-23,60-61H,24-35H2,1-9H3;2*1H3;/q;2*-1;+4/p-2. The van der Waals surface area contributed by atoms with Crippen LogP contribution in [0.5, 0.6) is 17.2 Å². The van der Waals surface area contributed by atoms with Crippen LogP contribution >= 0.6 is 0 Å². The summed E-state index contributed by atoms with van der Waals surface area (Å²) in [6.45, 7) is 19.3. The first-order chi connectivity index (χ1) is 29.2. The van der Waals surface area contributed by atoms with Crippen LogP contribution in [0.15, 0.2) is 84.9 Å². The van der Waals surface area contributed by atoms with Crippen molar-refractivity contribution in [3.05, 3.63) is 122 Å². The van der Waals surface area contributed by atoms with Crippen molar-refractivity contribution < 1.29 is 40.8 Å². The second-order valence-electron chi connectivity index (χ2n) is 24.8. The first-order valence-electron chi connectivity index (χ1n) is 23.6. The van der Waals surface area contributed by atoms with E-state index in [1.807, 2.05) is 36.4 Å². The van der Waals surface area contributed by atoms with Crippen LogP contribution in [-0.2, 0) is 36.7 Å². The Morgan fingerprint density at radius 3 is 1.02 bits per heavy atom. The summed E-state index contributed by atoms with van der Waals surface area (Å²) in [5, 5.41) is 30.4. The van der Waals surface area contributed by atoms with Gasteiger partial charge in [0.1, 0.15) is 5.75 Å². The van der Waals surface area contributed by atoms with Gasteiger partial charge in [-0.05, 0) is 168 Å². The van der Waals surface area contributed by atoms with Gasteiger partial charge in [-0.2, -0.15) is 0 Å². The Kier molecular flexibility index (Phi) is 11.3. The van der Waals surface area contributed by atoms with E-state index in [1.54, 1.807) is 7.11 Å². The molecule has 338 valence electrons. The zero-order valence-electron chi connectivity index (χ0n) is 41.2. The summed E-state index contributed by atoms with van der Waals surface area (Å²) in [6.07, 6.45) is 14.2. The molecule has 0 radical (unpaired) electrons. The fourth-order valence-electron chi connectivity index (χ4n) is 18.7. The number of ether oxygens (including phenoxy) is 1. The third-order valence-corrected chi connectivity index (χ3v) is 17.3. The Morgan fingerprint density at radius 2 is 0.723 bits per heavy atom. The van der Waals surface area contributed by atoms with Crippen LogP contribution in [0, 0.1) is 61.2 Å². The van der Waals surface area contributed by atoms with E-state index in [-0.39, 0.29) is 95.5 Å². The molecule has 0 amide bonds. The smallest absolute Gasteiger partial charge is 0.872 e. The molecule has 0 saturated heterocycles. The van der Waals surface area contributed by atoms with Gasteiger partial charge in [-0.1, -0.05) is 137 Å². The number of hydrogen-bond acceptors (Lipinski definition) is 4. The molecule has 8 aliphatic rings. The van der Waals surface area contributed by atoms with E-state index in [4.69, 9.17) is 9.72 Å². The Morgan fingerprint density at radius 1 is 0.431 bits per heavy atom. The van der Waals surface area contributed by atoms with E-state index < -0.39 is 0 Å². The molecule has 0 N–H and O–H groups in total. The topological polar surface area (TPSA) is 68.2 Å². The second-order valence-corrected chi connectivity index (χ2v) is 24.8. The average Bonchev–Trinajstić information content (AvgIpc) is 3.15. The van der Waals surface area contributed by atoms with E-state index in [2.05, 4.69) is 104 Å². The maximum atomic E-state index is 15.2. The van der Waals surface area contributed by atoms with Crippen molar-refractivity contribution in [1.29, 1.82) is 0 Å². The van der Waals surface area contributed by atoms with Crippen LogP contribution in [0.1, 0.15) is 141 Å². The number of rotatable bonds is 7. The van der Waals surface area contributed by atoms with Crippen LogP contribution in [0.25, 0.3) is 44.8 Å². The number of aryl methyl sites for hydroxylation is 2. The second kappa shape index (κ2) is 15.4. The Hall–Kier alpha value is -3.70. The average molecular weight is 1030 g/mol. The Labute approximate surface area is 410 Å². The summed E-state index contributed by atoms with van der Waals surface area (Å²) in [5.74, 6) is 1.02. The van der Waals surface area contributed by atoms with Gasteiger partial charge in [0.25, 0.3) is 0 Å². The van der Waals surface area contributed by atoms with Crippen molar-refractivity contribution in [1.82, 2.24) is 4.98 Å². The van der Waals surface area contributed by atoms with Crippen LogP contribution < -0.4 is 14.9 Å². The molecular formula is C60H71HfNO3. The van der Waals surface area contributed by atoms with Crippen LogP contribution in [0.4, 0.5) is 0 Å². The Bertz CT molecular complexity index is 2430. The number of pyridine rings is 1. The maximum absolute atomic E-state index is 15.2. The van der Waals surface area contributed by atoms with E-state index in [0.717, 1.165) is 106 Å². The first kappa shape index (κ1) is 47.8. The molecule has 0 atom stereocenters. The molecule has 1 aromatic heterocycles. The molecule has 8 fully saturated rings. The number of aromatic nitrogens is 1. The largest absolute Gasteiger partial charge is 4.00 e. The number of benzene rings is 4. The van der Waals surface area contributed by atoms with Gasteiger partial charge >= 0.3 is 25.8 Å². The van der Waals surface area contributed by atoms with Crippen LogP contribution in [-0.4, -0.2) is 12.1 Å². The molecule has 8 saturated carbocycles. The molecule has 4 aromatic carbocycles. The minimum atomic E-state index is -0.107. The monoisotopic (exact) mass is 1030 g/mol. The van der Waals surface area contributed by atoms with E-state index in [0.29, 0.717) is 5.75 Å². The molecule has 5 heteroatoms. The van der Waals surface area contributed by atoms with Gasteiger partial charge in [-0.3, -0.25) is 0 Å². The molecule has 4 nitrogen and oxygen atoms in total. The third kappa shape index (κ3) is 7.59. The summed E-state index contributed by atoms with van der Waals surface area (Å²) < 4.78 is 6.02. The summed E-state index contributed by atoms with van der Waals surface area (Å²) in [6, 6.07) is 29.2. The van der Waals surface area contributed by atoms with Gasteiger partial charge in [0.2, 0.25) is 0 Å². The summed E-state index contributed by atoms with van der Waals surface area (Å²) in [7, 11) is 1.70. The third-order valence-electron chi connectivity index (χ3n) is 17.3. The van der Waals surface area contributed by atoms with Crippen LogP contribution in [0.2, 0.25) is 0 Å². The van der Waals surface area contributed by atoms with Gasteiger partial charge in [0, 0.05) is 23.3 Å². The predicted molar refractivity (Wildman–Crippen MR) is 261 cm³/mol. The summed E-state index contributed by atoms with van der Waals surface area (Å²) >= 11 is 0. The molecule has 5 aromatic rings. The fraction of sp³-hybridized carbons (Fsp3) is 0.483. The molecule has 13 rings (SSSR count). The number of methoxy groups -OCH3 is 1. The maximum Gasteiger partial charge on any atom is 4.00 e. The molecule has 8 aliphatic carbocycles. The van der Waals surface area contributed by atoms with Crippen LogP contribution in [0.3, 0.4) is 0 Å². The van der Waals surface area contributed by atoms with Crippen molar-refractivity contribution >= 4 is 0 Å². The molecule has 0 unspecified atom stereocenters.